The molecule has 0 saturated heterocycles. The topological polar surface area (TPSA) is 43.4 Å². The van der Waals surface area contributed by atoms with Crippen LogP contribution in [0.3, 0.4) is 0 Å². The zero-order valence-corrected chi connectivity index (χ0v) is 10.5. The number of anilines is 1. The molecule has 0 amide bonds. The molecule has 0 atom stereocenters. The standard InChI is InChI=1S/C14H16N2O2/c1-17-12-3-4-13(14(9-12)18-2)16-10-11-5-7-15-8-6-11/h3-9,16H,10H2,1-2H3. The van der Waals surface area contributed by atoms with Crippen molar-refractivity contribution in [2.75, 3.05) is 19.5 Å². The second-order valence-corrected chi connectivity index (χ2v) is 3.78. The lowest BCUT2D eigenvalue weighted by Gasteiger charge is -2.12. The van der Waals surface area contributed by atoms with E-state index in [0.29, 0.717) is 0 Å². The summed E-state index contributed by atoms with van der Waals surface area (Å²) in [6, 6.07) is 9.65. The minimum absolute atomic E-state index is 0.727. The normalized spacial score (nSPS) is 9.89. The third kappa shape index (κ3) is 2.91. The van der Waals surface area contributed by atoms with E-state index in [9.17, 15) is 0 Å². The highest BCUT2D eigenvalue weighted by Crippen LogP contribution is 2.29. The van der Waals surface area contributed by atoms with E-state index in [1.54, 1.807) is 26.6 Å². The molecule has 2 aromatic rings. The van der Waals surface area contributed by atoms with E-state index in [0.717, 1.165) is 23.7 Å². The summed E-state index contributed by atoms with van der Waals surface area (Å²) in [6.07, 6.45) is 3.56. The summed E-state index contributed by atoms with van der Waals surface area (Å²) < 4.78 is 10.5. The molecule has 0 aliphatic carbocycles. The van der Waals surface area contributed by atoms with Crippen LogP contribution in [-0.4, -0.2) is 19.2 Å². The number of methoxy groups -OCH3 is 2. The highest BCUT2D eigenvalue weighted by molar-refractivity contribution is 5.59. The van der Waals surface area contributed by atoms with Crippen molar-refractivity contribution in [3.8, 4) is 11.5 Å². The van der Waals surface area contributed by atoms with Crippen molar-refractivity contribution in [2.24, 2.45) is 0 Å². The molecule has 1 aromatic carbocycles. The fourth-order valence-electron chi connectivity index (χ4n) is 1.64. The maximum Gasteiger partial charge on any atom is 0.145 e. The van der Waals surface area contributed by atoms with Crippen LogP contribution in [0.4, 0.5) is 5.69 Å². The van der Waals surface area contributed by atoms with Crippen LogP contribution in [0, 0.1) is 0 Å². The lowest BCUT2D eigenvalue weighted by atomic mass is 10.2. The van der Waals surface area contributed by atoms with Gasteiger partial charge >= 0.3 is 0 Å². The smallest absolute Gasteiger partial charge is 0.145 e. The first-order valence-corrected chi connectivity index (χ1v) is 5.68. The lowest BCUT2D eigenvalue weighted by molar-refractivity contribution is 0.395. The monoisotopic (exact) mass is 244 g/mol. The van der Waals surface area contributed by atoms with E-state index in [1.807, 2.05) is 30.3 Å². The fraction of sp³-hybridized carbons (Fsp3) is 0.214. The number of rotatable bonds is 5. The minimum atomic E-state index is 0.727. The average molecular weight is 244 g/mol. The van der Waals surface area contributed by atoms with Crippen LogP contribution in [0.5, 0.6) is 11.5 Å². The predicted molar refractivity (Wildman–Crippen MR) is 71.1 cm³/mol. The van der Waals surface area contributed by atoms with Gasteiger partial charge in [-0.2, -0.15) is 0 Å². The zero-order chi connectivity index (χ0) is 12.8. The molecule has 0 aliphatic heterocycles. The van der Waals surface area contributed by atoms with E-state index >= 15 is 0 Å². The summed E-state index contributed by atoms with van der Waals surface area (Å²) in [5.41, 5.74) is 2.11. The Hall–Kier alpha value is -2.23. The molecule has 1 N–H and O–H groups in total. The molecule has 0 bridgehead atoms. The van der Waals surface area contributed by atoms with Crippen LogP contribution in [-0.2, 0) is 6.54 Å². The number of nitrogens with zero attached hydrogens (tertiary/aromatic N) is 1. The summed E-state index contributed by atoms with van der Waals surface area (Å²) >= 11 is 0. The molecule has 4 nitrogen and oxygen atoms in total. The van der Waals surface area contributed by atoms with Gasteiger partial charge in [-0.3, -0.25) is 4.98 Å². The van der Waals surface area contributed by atoms with Gasteiger partial charge in [-0.25, -0.2) is 0 Å². The molecule has 0 unspecified atom stereocenters. The molecule has 0 spiro atoms. The van der Waals surface area contributed by atoms with Crippen molar-refractivity contribution in [3.05, 3.63) is 48.3 Å². The van der Waals surface area contributed by atoms with Gasteiger partial charge in [0.1, 0.15) is 11.5 Å². The quantitative estimate of drug-likeness (QED) is 0.878. The average Bonchev–Trinajstić information content (AvgIpc) is 2.46. The number of hydrogen-bond acceptors (Lipinski definition) is 4. The number of hydrogen-bond donors (Lipinski definition) is 1. The Kier molecular flexibility index (Phi) is 4.02. The summed E-state index contributed by atoms with van der Waals surface area (Å²) in [7, 11) is 3.28. The van der Waals surface area contributed by atoms with Gasteiger partial charge in [0.25, 0.3) is 0 Å². The molecule has 2 rings (SSSR count). The summed E-state index contributed by atoms with van der Waals surface area (Å²) in [5.74, 6) is 1.55. The maximum absolute atomic E-state index is 5.32. The van der Waals surface area contributed by atoms with Gasteiger partial charge in [0.05, 0.1) is 19.9 Å². The number of nitrogens with one attached hydrogen (secondary N) is 1. The number of aromatic nitrogens is 1. The Morgan fingerprint density at radius 3 is 2.50 bits per heavy atom. The molecule has 1 heterocycles. The molecular formula is C14H16N2O2. The van der Waals surface area contributed by atoms with Gasteiger partial charge in [0.2, 0.25) is 0 Å². The summed E-state index contributed by atoms with van der Waals surface area (Å²) in [4.78, 5) is 3.99. The van der Waals surface area contributed by atoms with Crippen molar-refractivity contribution < 1.29 is 9.47 Å². The highest BCUT2D eigenvalue weighted by atomic mass is 16.5. The molecule has 94 valence electrons. The Bertz CT molecular complexity index is 500. The van der Waals surface area contributed by atoms with Gasteiger partial charge in [0.15, 0.2) is 0 Å². The van der Waals surface area contributed by atoms with Crippen LogP contribution in [0.2, 0.25) is 0 Å². The van der Waals surface area contributed by atoms with Crippen molar-refractivity contribution >= 4 is 5.69 Å². The minimum Gasteiger partial charge on any atom is -0.497 e. The van der Waals surface area contributed by atoms with Gasteiger partial charge in [0, 0.05) is 25.0 Å². The van der Waals surface area contributed by atoms with Crippen molar-refractivity contribution in [1.82, 2.24) is 4.98 Å². The van der Waals surface area contributed by atoms with E-state index in [4.69, 9.17) is 9.47 Å². The Balaban J connectivity index is 2.09. The van der Waals surface area contributed by atoms with Crippen LogP contribution in [0.1, 0.15) is 5.56 Å². The Morgan fingerprint density at radius 1 is 1.06 bits per heavy atom. The molecule has 0 radical (unpaired) electrons. The number of pyridine rings is 1. The molecule has 18 heavy (non-hydrogen) atoms. The number of ether oxygens (including phenoxy) is 2. The van der Waals surface area contributed by atoms with Crippen LogP contribution < -0.4 is 14.8 Å². The van der Waals surface area contributed by atoms with Crippen molar-refractivity contribution in [1.29, 1.82) is 0 Å². The van der Waals surface area contributed by atoms with Gasteiger partial charge in [-0.05, 0) is 29.8 Å². The van der Waals surface area contributed by atoms with Crippen LogP contribution >= 0.6 is 0 Å². The SMILES string of the molecule is COc1ccc(NCc2ccncc2)c(OC)c1. The third-order valence-electron chi connectivity index (χ3n) is 2.64. The first-order chi connectivity index (χ1) is 8.83. The molecule has 0 fully saturated rings. The van der Waals surface area contributed by atoms with Gasteiger partial charge < -0.3 is 14.8 Å². The zero-order valence-electron chi connectivity index (χ0n) is 10.5. The first-order valence-electron chi connectivity index (χ1n) is 5.68. The first kappa shape index (κ1) is 12.2. The van der Waals surface area contributed by atoms with Crippen LogP contribution in [0.15, 0.2) is 42.7 Å². The van der Waals surface area contributed by atoms with Crippen molar-refractivity contribution in [2.45, 2.75) is 6.54 Å². The van der Waals surface area contributed by atoms with Gasteiger partial charge in [-0.15, -0.1) is 0 Å². The largest absolute Gasteiger partial charge is 0.497 e. The Morgan fingerprint density at radius 2 is 1.83 bits per heavy atom. The van der Waals surface area contributed by atoms with E-state index in [1.165, 1.54) is 5.56 Å². The van der Waals surface area contributed by atoms with E-state index < -0.39 is 0 Å². The molecule has 0 saturated carbocycles. The Labute approximate surface area is 107 Å². The second kappa shape index (κ2) is 5.91. The molecule has 4 heteroatoms. The van der Waals surface area contributed by atoms with E-state index in [2.05, 4.69) is 10.3 Å². The summed E-state index contributed by atoms with van der Waals surface area (Å²) in [5, 5.41) is 3.32. The van der Waals surface area contributed by atoms with Crippen molar-refractivity contribution in [3.63, 3.8) is 0 Å². The van der Waals surface area contributed by atoms with Gasteiger partial charge in [-0.1, -0.05) is 0 Å². The lowest BCUT2D eigenvalue weighted by Crippen LogP contribution is -2.01. The summed E-state index contributed by atoms with van der Waals surface area (Å²) in [6.45, 7) is 0.727. The second-order valence-electron chi connectivity index (χ2n) is 3.78. The van der Waals surface area contributed by atoms with Crippen LogP contribution in [0.25, 0.3) is 0 Å². The third-order valence-corrected chi connectivity index (χ3v) is 2.64. The predicted octanol–water partition coefficient (Wildman–Crippen LogP) is 2.71. The fourth-order valence-corrected chi connectivity index (χ4v) is 1.64. The maximum atomic E-state index is 5.32. The molecular weight excluding hydrogens is 228 g/mol. The number of benzene rings is 1. The highest BCUT2D eigenvalue weighted by Gasteiger charge is 2.04. The molecule has 0 aliphatic rings. The van der Waals surface area contributed by atoms with E-state index in [-0.39, 0.29) is 0 Å². The molecule has 1 aromatic heterocycles.